The summed E-state index contributed by atoms with van der Waals surface area (Å²) in [6.07, 6.45) is 0. The fraction of sp³-hybridized carbons (Fsp3) is 0.350. The van der Waals surface area contributed by atoms with Crippen molar-refractivity contribution in [3.63, 3.8) is 0 Å². The zero-order valence-corrected chi connectivity index (χ0v) is 15.7. The van der Waals surface area contributed by atoms with E-state index in [0.29, 0.717) is 0 Å². The first-order chi connectivity index (χ1) is 11.1. The minimum Gasteiger partial charge on any atom is -0.372 e. The van der Waals surface area contributed by atoms with Gasteiger partial charge in [0.05, 0.1) is 5.92 Å². The Labute approximate surface area is 151 Å². The number of rotatable bonds is 6. The number of carbonyl (C=O) groups is 1. The molecule has 0 bridgehead atoms. The fourth-order valence-electron chi connectivity index (χ4n) is 2.94. The van der Waals surface area contributed by atoms with Gasteiger partial charge in [0, 0.05) is 32.9 Å². The van der Waals surface area contributed by atoms with Gasteiger partial charge in [0.1, 0.15) is 0 Å². The summed E-state index contributed by atoms with van der Waals surface area (Å²) < 4.78 is 0. The second-order valence-corrected chi connectivity index (χ2v) is 5.81. The van der Waals surface area contributed by atoms with Crippen molar-refractivity contribution in [1.82, 2.24) is 4.90 Å². The van der Waals surface area contributed by atoms with Gasteiger partial charge in [-0.1, -0.05) is 48.5 Å². The first kappa shape index (κ1) is 20.0. The van der Waals surface area contributed by atoms with E-state index < -0.39 is 0 Å². The molecule has 0 aliphatic heterocycles. The van der Waals surface area contributed by atoms with Gasteiger partial charge in [0.2, 0.25) is 5.91 Å². The van der Waals surface area contributed by atoms with Crippen LogP contribution in [-0.2, 0) is 4.79 Å². The van der Waals surface area contributed by atoms with Gasteiger partial charge < -0.3 is 9.80 Å². The molecule has 0 radical (unpaired) electrons. The molecule has 0 saturated heterocycles. The minimum absolute atomic E-state index is 0. The molecule has 2 aromatic carbocycles. The second-order valence-electron chi connectivity index (χ2n) is 5.81. The van der Waals surface area contributed by atoms with Gasteiger partial charge in [0.25, 0.3) is 0 Å². The van der Waals surface area contributed by atoms with E-state index in [-0.39, 0.29) is 24.2 Å². The molecule has 3 nitrogen and oxygen atoms in total. The smallest absolute Gasteiger partial charge is 0.234 e. The van der Waals surface area contributed by atoms with Gasteiger partial charge in [-0.3, -0.25) is 4.79 Å². The predicted octanol–water partition coefficient (Wildman–Crippen LogP) is 4.17. The number of hydrogen-bond donors (Lipinski definition) is 0. The lowest BCUT2D eigenvalue weighted by Crippen LogP contribution is -2.31. The highest BCUT2D eigenvalue weighted by atomic mass is 35.5. The zero-order valence-electron chi connectivity index (χ0n) is 14.9. The van der Waals surface area contributed by atoms with Crippen LogP contribution in [0.3, 0.4) is 0 Å². The first-order valence-electron chi connectivity index (χ1n) is 8.20. The average molecular weight is 347 g/mol. The lowest BCUT2D eigenvalue weighted by molar-refractivity contribution is -0.129. The SMILES string of the molecule is CCN(CC)c1ccccc1C(C(=O)N(C)C)c1ccccc1.Cl. The van der Waals surface area contributed by atoms with E-state index in [1.54, 1.807) is 4.90 Å². The Kier molecular flexibility index (Phi) is 7.80. The van der Waals surface area contributed by atoms with E-state index in [4.69, 9.17) is 0 Å². The van der Waals surface area contributed by atoms with Crippen LogP contribution in [0, 0.1) is 0 Å². The highest BCUT2D eigenvalue weighted by Gasteiger charge is 2.27. The maximum atomic E-state index is 12.9. The molecule has 130 valence electrons. The Hall–Kier alpha value is -2.00. The third kappa shape index (κ3) is 4.30. The molecule has 0 aliphatic rings. The number of anilines is 1. The lowest BCUT2D eigenvalue weighted by Gasteiger charge is -2.29. The van der Waals surface area contributed by atoms with E-state index in [0.717, 1.165) is 29.9 Å². The number of nitrogens with zero attached hydrogens (tertiary/aromatic N) is 2. The van der Waals surface area contributed by atoms with Gasteiger partial charge in [-0.05, 0) is 31.0 Å². The topological polar surface area (TPSA) is 23.6 Å². The van der Waals surface area contributed by atoms with Gasteiger partial charge >= 0.3 is 0 Å². The molecule has 2 rings (SSSR count). The van der Waals surface area contributed by atoms with E-state index >= 15 is 0 Å². The largest absolute Gasteiger partial charge is 0.372 e. The third-order valence-corrected chi connectivity index (χ3v) is 4.17. The molecule has 0 fully saturated rings. The summed E-state index contributed by atoms with van der Waals surface area (Å²) in [6, 6.07) is 18.3. The Bertz CT molecular complexity index is 639. The minimum atomic E-state index is -0.275. The van der Waals surface area contributed by atoms with Crippen LogP contribution < -0.4 is 4.90 Å². The molecule has 0 aromatic heterocycles. The maximum Gasteiger partial charge on any atom is 0.234 e. The zero-order chi connectivity index (χ0) is 16.8. The monoisotopic (exact) mass is 346 g/mol. The van der Waals surface area contributed by atoms with Crippen LogP contribution in [0.2, 0.25) is 0 Å². The Balaban J connectivity index is 0.00000288. The van der Waals surface area contributed by atoms with Crippen LogP contribution >= 0.6 is 12.4 Å². The van der Waals surface area contributed by atoms with Crippen molar-refractivity contribution >= 4 is 24.0 Å². The number of para-hydroxylation sites is 1. The molecule has 2 aromatic rings. The molecule has 1 unspecified atom stereocenters. The maximum absolute atomic E-state index is 12.9. The van der Waals surface area contributed by atoms with E-state index in [1.165, 1.54) is 0 Å². The van der Waals surface area contributed by atoms with Crippen molar-refractivity contribution in [3.05, 3.63) is 65.7 Å². The standard InChI is InChI=1S/C20H26N2O.ClH/c1-5-22(6-2)18-15-11-10-14-17(18)19(20(23)21(3)4)16-12-8-7-9-13-16;/h7-15,19H,5-6H2,1-4H3;1H. The van der Waals surface area contributed by atoms with Crippen LogP contribution in [0.5, 0.6) is 0 Å². The van der Waals surface area contributed by atoms with Gasteiger partial charge in [-0.25, -0.2) is 0 Å². The van der Waals surface area contributed by atoms with Crippen LogP contribution in [-0.4, -0.2) is 38.0 Å². The highest BCUT2D eigenvalue weighted by Crippen LogP contribution is 2.33. The van der Waals surface area contributed by atoms with Crippen molar-refractivity contribution in [3.8, 4) is 0 Å². The molecule has 0 N–H and O–H groups in total. The van der Waals surface area contributed by atoms with Crippen LogP contribution in [0.15, 0.2) is 54.6 Å². The van der Waals surface area contributed by atoms with Gasteiger partial charge in [-0.2, -0.15) is 0 Å². The van der Waals surface area contributed by atoms with Crippen LogP contribution in [0.1, 0.15) is 30.9 Å². The number of carbonyl (C=O) groups excluding carboxylic acids is 1. The van der Waals surface area contributed by atoms with Gasteiger partial charge in [-0.15, -0.1) is 12.4 Å². The molecule has 0 saturated carbocycles. The molecular formula is C20H27ClN2O. The second kappa shape index (κ2) is 9.33. The fourth-order valence-corrected chi connectivity index (χ4v) is 2.94. The summed E-state index contributed by atoms with van der Waals surface area (Å²) in [5.74, 6) is -0.168. The summed E-state index contributed by atoms with van der Waals surface area (Å²) in [7, 11) is 3.64. The summed E-state index contributed by atoms with van der Waals surface area (Å²) in [4.78, 5) is 16.9. The van der Waals surface area contributed by atoms with E-state index in [1.807, 2.05) is 56.6 Å². The quantitative estimate of drug-likeness (QED) is 0.783. The van der Waals surface area contributed by atoms with Crippen LogP contribution in [0.4, 0.5) is 5.69 Å². The Morgan fingerprint density at radius 3 is 2.00 bits per heavy atom. The van der Waals surface area contributed by atoms with Crippen molar-refractivity contribution in [2.24, 2.45) is 0 Å². The number of benzene rings is 2. The Morgan fingerprint density at radius 2 is 1.46 bits per heavy atom. The molecule has 1 atom stereocenters. The van der Waals surface area contributed by atoms with Crippen molar-refractivity contribution in [1.29, 1.82) is 0 Å². The highest BCUT2D eigenvalue weighted by molar-refractivity contribution is 5.88. The Morgan fingerprint density at radius 1 is 0.917 bits per heavy atom. The summed E-state index contributed by atoms with van der Waals surface area (Å²) in [6.45, 7) is 6.13. The molecule has 1 amide bonds. The number of likely N-dealkylation sites (N-methyl/N-ethyl adjacent to an activating group) is 1. The molecule has 4 heteroatoms. The van der Waals surface area contributed by atoms with E-state index in [2.05, 4.69) is 30.9 Å². The summed E-state index contributed by atoms with van der Waals surface area (Å²) in [5.41, 5.74) is 3.24. The number of hydrogen-bond acceptors (Lipinski definition) is 2. The summed E-state index contributed by atoms with van der Waals surface area (Å²) in [5, 5.41) is 0. The first-order valence-corrected chi connectivity index (χ1v) is 8.20. The van der Waals surface area contributed by atoms with Crippen molar-refractivity contribution in [2.75, 3.05) is 32.1 Å². The normalized spacial score (nSPS) is 11.3. The molecule has 24 heavy (non-hydrogen) atoms. The van der Waals surface area contributed by atoms with Crippen LogP contribution in [0.25, 0.3) is 0 Å². The summed E-state index contributed by atoms with van der Waals surface area (Å²) >= 11 is 0. The van der Waals surface area contributed by atoms with Crippen molar-refractivity contribution in [2.45, 2.75) is 19.8 Å². The average Bonchev–Trinajstić information content (AvgIpc) is 2.58. The number of halogens is 1. The molecular weight excluding hydrogens is 320 g/mol. The lowest BCUT2D eigenvalue weighted by atomic mass is 9.88. The number of amides is 1. The third-order valence-electron chi connectivity index (χ3n) is 4.17. The van der Waals surface area contributed by atoms with Gasteiger partial charge in [0.15, 0.2) is 0 Å². The molecule has 0 aliphatic carbocycles. The van der Waals surface area contributed by atoms with Crippen molar-refractivity contribution < 1.29 is 4.79 Å². The van der Waals surface area contributed by atoms with E-state index in [9.17, 15) is 4.79 Å². The molecule has 0 spiro atoms. The molecule has 0 heterocycles. The predicted molar refractivity (Wildman–Crippen MR) is 104 cm³/mol.